The Morgan fingerprint density at radius 2 is 2.07 bits per heavy atom. The highest BCUT2D eigenvalue weighted by molar-refractivity contribution is 6.35. The number of benzene rings is 1. The second kappa shape index (κ2) is 6.71. The summed E-state index contributed by atoms with van der Waals surface area (Å²) < 4.78 is 1.80. The van der Waals surface area contributed by atoms with Gasteiger partial charge in [0.25, 0.3) is 5.56 Å². The lowest BCUT2D eigenvalue weighted by Crippen LogP contribution is -2.33. The fourth-order valence-electron chi connectivity index (χ4n) is 4.14. The number of aromatic nitrogens is 4. The molecule has 2 N–H and O–H groups in total. The zero-order valence-corrected chi connectivity index (χ0v) is 16.3. The first-order valence-electron chi connectivity index (χ1n) is 9.58. The van der Waals surface area contributed by atoms with Crippen LogP contribution in [0.15, 0.2) is 29.3 Å². The third-order valence-corrected chi connectivity index (χ3v) is 5.92. The summed E-state index contributed by atoms with van der Waals surface area (Å²) in [6.45, 7) is 0.698. The smallest absolute Gasteiger partial charge is 0.263 e. The van der Waals surface area contributed by atoms with Gasteiger partial charge in [-0.1, -0.05) is 17.7 Å². The van der Waals surface area contributed by atoms with E-state index < -0.39 is 0 Å². The van der Waals surface area contributed by atoms with Crippen molar-refractivity contribution in [2.24, 2.45) is 0 Å². The summed E-state index contributed by atoms with van der Waals surface area (Å²) in [5, 5.41) is 10.4. The van der Waals surface area contributed by atoms with Crippen molar-refractivity contribution in [1.29, 1.82) is 5.26 Å². The van der Waals surface area contributed by atoms with Crippen molar-refractivity contribution in [3.63, 3.8) is 0 Å². The van der Waals surface area contributed by atoms with Crippen molar-refractivity contribution in [2.45, 2.75) is 37.8 Å². The van der Waals surface area contributed by atoms with Crippen LogP contribution in [0.3, 0.4) is 0 Å². The average molecular weight is 408 g/mol. The van der Waals surface area contributed by atoms with E-state index in [4.69, 9.17) is 22.3 Å². The molecule has 8 nitrogen and oxygen atoms in total. The van der Waals surface area contributed by atoms with Gasteiger partial charge in [0, 0.05) is 12.6 Å². The molecule has 3 heterocycles. The number of anilines is 2. The predicted octanol–water partition coefficient (Wildman–Crippen LogP) is 2.97. The van der Waals surface area contributed by atoms with Gasteiger partial charge in [-0.2, -0.15) is 5.26 Å². The topological polar surface area (TPSA) is 114 Å². The van der Waals surface area contributed by atoms with Gasteiger partial charge in [0.2, 0.25) is 0 Å². The van der Waals surface area contributed by atoms with E-state index in [1.54, 1.807) is 16.7 Å². The minimum absolute atomic E-state index is 0.104. The Bertz CT molecular complexity index is 1230. The molecule has 1 saturated carbocycles. The molecule has 0 unspecified atom stereocenters. The molecule has 0 spiro atoms. The van der Waals surface area contributed by atoms with Gasteiger partial charge >= 0.3 is 0 Å². The summed E-state index contributed by atoms with van der Waals surface area (Å²) >= 11 is 6.32. The second-order valence-corrected chi connectivity index (χ2v) is 7.84. The Balaban J connectivity index is 1.72. The second-order valence-electron chi connectivity index (χ2n) is 7.43. The summed E-state index contributed by atoms with van der Waals surface area (Å²) in [5.74, 6) is 1.34. The molecule has 1 atom stereocenters. The van der Waals surface area contributed by atoms with E-state index in [2.05, 4.69) is 16.0 Å². The first-order valence-corrected chi connectivity index (χ1v) is 9.96. The van der Waals surface area contributed by atoms with Crippen LogP contribution in [0.1, 0.15) is 49.2 Å². The first kappa shape index (κ1) is 17.9. The summed E-state index contributed by atoms with van der Waals surface area (Å²) in [4.78, 5) is 28.5. The van der Waals surface area contributed by atoms with Crippen molar-refractivity contribution in [1.82, 2.24) is 19.5 Å². The van der Waals surface area contributed by atoms with Crippen LogP contribution in [-0.2, 0) is 0 Å². The minimum atomic E-state index is -0.173. The molecular weight excluding hydrogens is 390 g/mol. The van der Waals surface area contributed by atoms with Gasteiger partial charge in [-0.25, -0.2) is 15.0 Å². The maximum absolute atomic E-state index is 13.4. The van der Waals surface area contributed by atoms with Gasteiger partial charge in [-0.05, 0) is 37.8 Å². The number of hydrogen-bond donors (Lipinski definition) is 1. The third-order valence-electron chi connectivity index (χ3n) is 5.61. The zero-order valence-electron chi connectivity index (χ0n) is 15.5. The van der Waals surface area contributed by atoms with Crippen LogP contribution < -0.4 is 16.2 Å². The van der Waals surface area contributed by atoms with Gasteiger partial charge in [-0.3, -0.25) is 9.36 Å². The van der Waals surface area contributed by atoms with Crippen LogP contribution in [0.5, 0.6) is 0 Å². The maximum Gasteiger partial charge on any atom is 0.263 e. The Labute approximate surface area is 171 Å². The monoisotopic (exact) mass is 407 g/mol. The van der Waals surface area contributed by atoms with Gasteiger partial charge in [0.1, 0.15) is 29.6 Å². The van der Waals surface area contributed by atoms with Crippen LogP contribution in [-0.4, -0.2) is 26.1 Å². The molecule has 2 fully saturated rings. The largest absolute Gasteiger partial charge is 0.382 e. The van der Waals surface area contributed by atoms with Crippen LogP contribution in [0, 0.1) is 11.3 Å². The third kappa shape index (κ3) is 2.81. The number of halogens is 1. The number of nitrogens with zero attached hydrogens (tertiary/aromatic N) is 6. The Hall–Kier alpha value is -3.18. The van der Waals surface area contributed by atoms with E-state index >= 15 is 0 Å². The molecule has 1 saturated heterocycles. The number of hydrogen-bond acceptors (Lipinski definition) is 7. The fourth-order valence-corrected chi connectivity index (χ4v) is 4.39. The molecule has 146 valence electrons. The molecular formula is C20H18ClN7O. The average Bonchev–Trinajstić information content (AvgIpc) is 3.42. The number of nitrogen functional groups attached to an aromatic ring is 1. The molecule has 1 aliphatic carbocycles. The molecule has 2 aromatic heterocycles. The van der Waals surface area contributed by atoms with Gasteiger partial charge in [0.15, 0.2) is 5.82 Å². The van der Waals surface area contributed by atoms with E-state index in [0.717, 1.165) is 25.7 Å². The molecule has 29 heavy (non-hydrogen) atoms. The number of fused-ring (bicyclic) bond motifs is 1. The lowest BCUT2D eigenvalue weighted by molar-refractivity contribution is 0.564. The van der Waals surface area contributed by atoms with Crippen molar-refractivity contribution < 1.29 is 0 Å². The number of nitriles is 1. The summed E-state index contributed by atoms with van der Waals surface area (Å²) in [5.41, 5.74) is 6.64. The normalized spacial score (nSPS) is 18.9. The summed E-state index contributed by atoms with van der Waals surface area (Å²) in [7, 11) is 0. The molecule has 5 rings (SSSR count). The standard InChI is InChI=1S/C20H18ClN7O/c21-13-3-1-4-14-16(13)20(29)28(11-6-7-11)19(26-14)15-5-2-8-27(15)18-12(9-22)17(23)24-10-25-18/h1,3-4,10-11,15H,2,5-8H2,(H2,23,24,25)/t15-/m0/s1. The molecule has 1 aliphatic heterocycles. The van der Waals surface area contributed by atoms with Crippen molar-refractivity contribution >= 4 is 34.1 Å². The molecule has 0 amide bonds. The summed E-state index contributed by atoms with van der Waals surface area (Å²) in [6, 6.07) is 7.41. The quantitative estimate of drug-likeness (QED) is 0.709. The first-order chi connectivity index (χ1) is 14.1. The van der Waals surface area contributed by atoms with Crippen molar-refractivity contribution in [3.8, 4) is 6.07 Å². The van der Waals surface area contributed by atoms with E-state index in [0.29, 0.717) is 34.1 Å². The lowest BCUT2D eigenvalue weighted by atomic mass is 10.1. The van der Waals surface area contributed by atoms with Gasteiger partial charge < -0.3 is 10.6 Å². The van der Waals surface area contributed by atoms with E-state index in [1.165, 1.54) is 6.33 Å². The van der Waals surface area contributed by atoms with Crippen LogP contribution in [0.4, 0.5) is 11.6 Å². The SMILES string of the molecule is N#Cc1c(N)ncnc1N1CCC[C@H]1c1nc2cccc(Cl)c2c(=O)n1C1CC1. The van der Waals surface area contributed by atoms with Crippen molar-refractivity contribution in [2.75, 3.05) is 17.2 Å². The highest BCUT2D eigenvalue weighted by Crippen LogP contribution is 2.41. The number of nitrogens with two attached hydrogens (primary N) is 1. The van der Waals surface area contributed by atoms with E-state index in [-0.39, 0.29) is 29.0 Å². The predicted molar refractivity (Wildman–Crippen MR) is 110 cm³/mol. The molecule has 0 bridgehead atoms. The highest BCUT2D eigenvalue weighted by atomic mass is 35.5. The molecule has 2 aliphatic rings. The molecule has 9 heteroatoms. The molecule has 0 radical (unpaired) electrons. The maximum atomic E-state index is 13.4. The van der Waals surface area contributed by atoms with Crippen LogP contribution in [0.25, 0.3) is 10.9 Å². The number of rotatable bonds is 3. The van der Waals surface area contributed by atoms with E-state index in [1.807, 2.05) is 11.0 Å². The van der Waals surface area contributed by atoms with Gasteiger partial charge in [-0.15, -0.1) is 0 Å². The van der Waals surface area contributed by atoms with Gasteiger partial charge in [0.05, 0.1) is 22.0 Å². The Morgan fingerprint density at radius 1 is 1.24 bits per heavy atom. The lowest BCUT2D eigenvalue weighted by Gasteiger charge is -2.28. The van der Waals surface area contributed by atoms with Crippen LogP contribution in [0.2, 0.25) is 5.02 Å². The van der Waals surface area contributed by atoms with Crippen molar-refractivity contribution in [3.05, 3.63) is 51.3 Å². The zero-order chi connectivity index (χ0) is 20.1. The molecule has 3 aromatic rings. The Kier molecular flexibility index (Phi) is 4.14. The fraction of sp³-hybridized carbons (Fsp3) is 0.350. The highest BCUT2D eigenvalue weighted by Gasteiger charge is 2.37. The van der Waals surface area contributed by atoms with Crippen LogP contribution >= 0.6 is 11.6 Å². The molecule has 1 aromatic carbocycles. The summed E-state index contributed by atoms with van der Waals surface area (Å²) in [6.07, 6.45) is 4.96. The minimum Gasteiger partial charge on any atom is -0.382 e. The van der Waals surface area contributed by atoms with E-state index in [9.17, 15) is 10.1 Å². The Morgan fingerprint density at radius 3 is 2.83 bits per heavy atom.